The maximum Gasteiger partial charge on any atom is 0.170 e. The number of carbonyl (C=O) groups excluding carboxylic acids is 1. The van der Waals surface area contributed by atoms with Gasteiger partial charge in [0.05, 0.1) is 5.97 Å². The largest absolute Gasteiger partial charge is 0.545 e. The molecule has 4 rings (SSSR count). The Bertz CT molecular complexity index is 1160. The molecular formula is C30H33O5-. The zero-order chi connectivity index (χ0) is 25.1. The molecule has 1 atom stereocenters. The smallest absolute Gasteiger partial charge is 0.170 e. The third-order valence-corrected chi connectivity index (χ3v) is 6.53. The minimum absolute atomic E-state index is 0.104. The summed E-state index contributed by atoms with van der Waals surface area (Å²) in [5.74, 6) is 0.659. The first-order valence-electron chi connectivity index (χ1n) is 12.1. The first-order valence-corrected chi connectivity index (χ1v) is 12.1. The number of carbonyl (C=O) groups is 1. The Morgan fingerprint density at radius 2 is 1.26 bits per heavy atom. The van der Waals surface area contributed by atoms with Gasteiger partial charge in [-0.05, 0) is 84.7 Å². The van der Waals surface area contributed by atoms with E-state index in [1.807, 2.05) is 30.3 Å². The average Bonchev–Trinajstić information content (AvgIpc) is 3.30. The van der Waals surface area contributed by atoms with Gasteiger partial charge in [0.1, 0.15) is 30.5 Å². The summed E-state index contributed by atoms with van der Waals surface area (Å²) in [6.07, 6.45) is 3.17. The van der Waals surface area contributed by atoms with E-state index in [4.69, 9.17) is 14.2 Å². The fourth-order valence-corrected chi connectivity index (χ4v) is 4.31. The minimum atomic E-state index is -1.62. The van der Waals surface area contributed by atoms with E-state index in [0.29, 0.717) is 30.3 Å². The zero-order valence-corrected chi connectivity index (χ0v) is 20.9. The van der Waals surface area contributed by atoms with Crippen LogP contribution in [0.4, 0.5) is 0 Å². The third kappa shape index (κ3) is 5.79. The molecule has 3 aromatic carbocycles. The average molecular weight is 474 g/mol. The highest BCUT2D eigenvalue weighted by molar-refractivity contribution is 5.77. The van der Waals surface area contributed by atoms with E-state index in [1.54, 1.807) is 24.3 Å². The van der Waals surface area contributed by atoms with Gasteiger partial charge in [-0.25, -0.2) is 0 Å². The van der Waals surface area contributed by atoms with Crippen molar-refractivity contribution in [1.29, 1.82) is 0 Å². The first kappa shape index (κ1) is 24.6. The highest BCUT2D eigenvalue weighted by Gasteiger charge is 2.31. The summed E-state index contributed by atoms with van der Waals surface area (Å²) in [5.41, 5.74) is 2.75. The molecular weight excluding hydrogens is 440 g/mol. The van der Waals surface area contributed by atoms with Gasteiger partial charge in [-0.15, -0.1) is 0 Å². The van der Waals surface area contributed by atoms with Crippen LogP contribution >= 0.6 is 0 Å². The van der Waals surface area contributed by atoms with Crippen LogP contribution in [0.2, 0.25) is 0 Å². The lowest BCUT2D eigenvalue weighted by Crippen LogP contribution is -2.47. The molecule has 184 valence electrons. The second-order valence-corrected chi connectivity index (χ2v) is 10.2. The van der Waals surface area contributed by atoms with Crippen molar-refractivity contribution in [3.8, 4) is 17.2 Å². The number of hydrogen-bond acceptors (Lipinski definition) is 5. The molecule has 0 radical (unpaired) electrons. The molecule has 0 saturated heterocycles. The molecule has 0 aliphatic heterocycles. The number of carboxylic acid groups (broad SMARTS) is 1. The molecule has 3 aromatic rings. The van der Waals surface area contributed by atoms with Crippen LogP contribution in [0.1, 0.15) is 56.4 Å². The van der Waals surface area contributed by atoms with E-state index in [1.165, 1.54) is 23.6 Å². The van der Waals surface area contributed by atoms with Crippen molar-refractivity contribution in [2.45, 2.75) is 58.0 Å². The van der Waals surface area contributed by atoms with Crippen molar-refractivity contribution in [3.05, 3.63) is 89.0 Å². The first-order chi connectivity index (χ1) is 16.6. The van der Waals surface area contributed by atoms with Crippen LogP contribution < -0.4 is 19.3 Å². The zero-order valence-electron chi connectivity index (χ0n) is 20.9. The molecule has 1 unspecified atom stereocenters. The van der Waals surface area contributed by atoms with Crippen LogP contribution in [-0.4, -0.2) is 19.2 Å². The topological polar surface area (TPSA) is 67.8 Å². The number of rotatable bonds is 9. The van der Waals surface area contributed by atoms with Gasteiger partial charge in [0.25, 0.3) is 0 Å². The molecule has 0 spiro atoms. The van der Waals surface area contributed by atoms with Crippen LogP contribution in [0.25, 0.3) is 0 Å². The lowest BCUT2D eigenvalue weighted by atomic mass is 9.87. The fourth-order valence-electron chi connectivity index (χ4n) is 4.31. The Labute approximate surface area is 207 Å². The van der Waals surface area contributed by atoms with Gasteiger partial charge in [-0.2, -0.15) is 0 Å². The number of aryl methyl sites for hydroxylation is 2. The Morgan fingerprint density at radius 3 is 1.80 bits per heavy atom. The van der Waals surface area contributed by atoms with Gasteiger partial charge in [-0.1, -0.05) is 51.1 Å². The number of benzene rings is 3. The maximum atomic E-state index is 12.1. The molecule has 1 aliphatic rings. The predicted octanol–water partition coefficient (Wildman–Crippen LogP) is 4.97. The molecule has 0 fully saturated rings. The lowest BCUT2D eigenvalue weighted by molar-refractivity contribution is -0.322. The standard InChI is InChI=1S/C30H34O5/c1-29(2,3)23-9-14-25(15-10-23)33-18-19-34-26-16-11-24(12-17-26)30(4,28(31)32)35-27-13-8-21-6-5-7-22(21)20-27/h8-17,20H,5-7,18-19H2,1-4H3,(H,31,32)/p-1. The molecule has 1 aliphatic carbocycles. The van der Waals surface area contributed by atoms with Gasteiger partial charge < -0.3 is 24.1 Å². The monoisotopic (exact) mass is 473 g/mol. The highest BCUT2D eigenvalue weighted by Crippen LogP contribution is 2.32. The second-order valence-electron chi connectivity index (χ2n) is 10.2. The summed E-state index contributed by atoms with van der Waals surface area (Å²) in [6, 6.07) is 20.8. The minimum Gasteiger partial charge on any atom is -0.545 e. The number of hydrogen-bond donors (Lipinski definition) is 0. The van der Waals surface area contributed by atoms with Crippen molar-refractivity contribution in [2.24, 2.45) is 0 Å². The number of carboxylic acids is 1. The van der Waals surface area contributed by atoms with Gasteiger partial charge in [-0.3, -0.25) is 0 Å². The Hall–Kier alpha value is -3.47. The van der Waals surface area contributed by atoms with Gasteiger partial charge in [0, 0.05) is 5.56 Å². The lowest BCUT2D eigenvalue weighted by Gasteiger charge is -2.32. The molecule has 35 heavy (non-hydrogen) atoms. The normalized spacial score (nSPS) is 14.6. The van der Waals surface area contributed by atoms with E-state index < -0.39 is 11.6 Å². The van der Waals surface area contributed by atoms with Crippen molar-refractivity contribution < 1.29 is 24.1 Å². The van der Waals surface area contributed by atoms with E-state index in [9.17, 15) is 9.90 Å². The van der Waals surface area contributed by atoms with E-state index in [2.05, 4.69) is 32.9 Å². The van der Waals surface area contributed by atoms with Crippen LogP contribution in [0, 0.1) is 0 Å². The fraction of sp³-hybridized carbons (Fsp3) is 0.367. The summed E-state index contributed by atoms with van der Waals surface area (Å²) in [5, 5.41) is 12.1. The van der Waals surface area contributed by atoms with Gasteiger partial charge >= 0.3 is 0 Å². The van der Waals surface area contributed by atoms with Crippen LogP contribution in [0.5, 0.6) is 17.2 Å². The maximum absolute atomic E-state index is 12.1. The Morgan fingerprint density at radius 1 is 0.743 bits per heavy atom. The SMILES string of the molecule is CC(C)(C)c1ccc(OCCOc2ccc(C(C)(Oc3ccc4c(c3)CCC4)C(=O)[O-])cc2)cc1. The summed E-state index contributed by atoms with van der Waals surface area (Å²) in [4.78, 5) is 12.1. The van der Waals surface area contributed by atoms with Crippen LogP contribution in [-0.2, 0) is 28.7 Å². The van der Waals surface area contributed by atoms with Crippen molar-refractivity contribution in [2.75, 3.05) is 13.2 Å². The van der Waals surface area contributed by atoms with Crippen LogP contribution in [0.3, 0.4) is 0 Å². The molecule has 0 aromatic heterocycles. The highest BCUT2D eigenvalue weighted by atomic mass is 16.5. The summed E-state index contributed by atoms with van der Waals surface area (Å²) in [7, 11) is 0. The number of ether oxygens (including phenoxy) is 3. The Kier molecular flexibility index (Phi) is 7.06. The second kappa shape index (κ2) is 10.0. The molecule has 0 N–H and O–H groups in total. The van der Waals surface area contributed by atoms with E-state index in [0.717, 1.165) is 25.0 Å². The van der Waals surface area contributed by atoms with E-state index in [-0.39, 0.29) is 5.41 Å². The number of aliphatic carboxylic acids is 1. The van der Waals surface area contributed by atoms with Crippen LogP contribution in [0.15, 0.2) is 66.7 Å². The van der Waals surface area contributed by atoms with Gasteiger partial charge in [0.15, 0.2) is 5.60 Å². The third-order valence-electron chi connectivity index (χ3n) is 6.53. The predicted molar refractivity (Wildman–Crippen MR) is 134 cm³/mol. The summed E-state index contributed by atoms with van der Waals surface area (Å²) < 4.78 is 17.5. The summed E-state index contributed by atoms with van der Waals surface area (Å²) >= 11 is 0. The van der Waals surface area contributed by atoms with E-state index >= 15 is 0 Å². The quantitative estimate of drug-likeness (QED) is 0.410. The Balaban J connectivity index is 1.34. The molecule has 5 nitrogen and oxygen atoms in total. The van der Waals surface area contributed by atoms with Gasteiger partial charge in [0.2, 0.25) is 0 Å². The number of fused-ring (bicyclic) bond motifs is 1. The molecule has 5 heteroatoms. The molecule has 0 amide bonds. The summed E-state index contributed by atoms with van der Waals surface area (Å²) in [6.45, 7) is 8.81. The van der Waals surface area contributed by atoms with Crippen molar-refractivity contribution in [1.82, 2.24) is 0 Å². The molecule has 0 saturated carbocycles. The van der Waals surface area contributed by atoms with Crippen molar-refractivity contribution >= 4 is 5.97 Å². The van der Waals surface area contributed by atoms with Crippen molar-refractivity contribution in [3.63, 3.8) is 0 Å². The molecule has 0 bridgehead atoms. The molecule has 0 heterocycles.